The van der Waals surface area contributed by atoms with E-state index in [0.717, 1.165) is 58.0 Å². The highest BCUT2D eigenvalue weighted by Gasteiger charge is 2.41. The molecule has 184 valence electrons. The van der Waals surface area contributed by atoms with Crippen molar-refractivity contribution in [2.45, 2.75) is 75.9 Å². The Bertz CT molecular complexity index is 734. The van der Waals surface area contributed by atoms with Crippen LogP contribution < -0.4 is 21.3 Å². The van der Waals surface area contributed by atoms with E-state index in [1.54, 1.807) is 9.80 Å². The molecule has 10 heteroatoms. The van der Waals surface area contributed by atoms with E-state index in [1.165, 1.54) is 6.42 Å². The molecule has 3 aliphatic heterocycles. The minimum Gasteiger partial charge on any atom is -0.354 e. The van der Waals surface area contributed by atoms with Crippen molar-refractivity contribution in [3.05, 3.63) is 0 Å². The van der Waals surface area contributed by atoms with Gasteiger partial charge in [0.2, 0.25) is 17.7 Å². The summed E-state index contributed by atoms with van der Waals surface area (Å²) in [7, 11) is 0. The number of carbonyl (C=O) groups excluding carboxylic acids is 4. The zero-order chi connectivity index (χ0) is 23.2. The number of piperidine rings is 2. The maximum absolute atomic E-state index is 13.3. The number of nitrogens with zero attached hydrogens (tertiary/aromatic N) is 2. The zero-order valence-corrected chi connectivity index (χ0v) is 19.4. The first-order valence-electron chi connectivity index (χ1n) is 12.7. The Morgan fingerprint density at radius 1 is 0.848 bits per heavy atom. The molecule has 3 heterocycles. The van der Waals surface area contributed by atoms with Gasteiger partial charge >= 0.3 is 6.03 Å². The number of piperazine rings is 1. The first kappa shape index (κ1) is 23.8. The highest BCUT2D eigenvalue weighted by molar-refractivity contribution is 5.93. The van der Waals surface area contributed by atoms with Crippen molar-refractivity contribution in [1.82, 2.24) is 31.1 Å². The van der Waals surface area contributed by atoms with E-state index in [0.29, 0.717) is 26.1 Å². The van der Waals surface area contributed by atoms with Crippen LogP contribution in [0.5, 0.6) is 0 Å². The number of amides is 5. The van der Waals surface area contributed by atoms with Crippen LogP contribution in [0.2, 0.25) is 0 Å². The standard InChI is InChI=1S/C23H38N6O4/c30-20-18(7-4-10-25-20)27-21(31)19-15-28(23(33)26-17-5-2-1-3-6-17)13-14-29(19)22(32)16-8-11-24-12-9-16/h16-19,24H,1-15H2,(H,25,30)(H,26,33)(H,27,31)/t18-,19-/m0/s1. The number of rotatable bonds is 4. The van der Waals surface area contributed by atoms with Crippen LogP contribution in [-0.4, -0.2) is 90.9 Å². The molecule has 2 atom stereocenters. The van der Waals surface area contributed by atoms with Crippen LogP contribution in [0, 0.1) is 5.92 Å². The summed E-state index contributed by atoms with van der Waals surface area (Å²) in [5, 5.41) is 12.0. The molecular formula is C23H38N6O4. The maximum Gasteiger partial charge on any atom is 0.317 e. The lowest BCUT2D eigenvalue weighted by Gasteiger charge is -2.43. The summed E-state index contributed by atoms with van der Waals surface area (Å²) in [6.45, 7) is 3.08. The summed E-state index contributed by atoms with van der Waals surface area (Å²) in [5.74, 6) is -0.665. The van der Waals surface area contributed by atoms with Gasteiger partial charge in [0.05, 0.1) is 6.54 Å². The average molecular weight is 463 g/mol. The molecule has 1 aliphatic carbocycles. The van der Waals surface area contributed by atoms with E-state index < -0.39 is 12.1 Å². The van der Waals surface area contributed by atoms with Gasteiger partial charge in [0.1, 0.15) is 12.1 Å². The molecular weight excluding hydrogens is 424 g/mol. The molecule has 0 unspecified atom stereocenters. The number of nitrogens with one attached hydrogen (secondary N) is 4. The molecule has 10 nitrogen and oxygen atoms in total. The SMILES string of the molecule is O=C1NCCC[C@@H]1NC(=O)[C@@H]1CN(C(=O)NC2CCCCC2)CCN1C(=O)C1CCNCC1. The van der Waals surface area contributed by atoms with Crippen molar-refractivity contribution in [3.8, 4) is 0 Å². The molecule has 4 rings (SSSR count). The monoisotopic (exact) mass is 462 g/mol. The van der Waals surface area contributed by atoms with Crippen LogP contribution in [0.25, 0.3) is 0 Å². The second-order valence-electron chi connectivity index (χ2n) is 9.80. The van der Waals surface area contributed by atoms with Gasteiger partial charge in [-0.25, -0.2) is 4.79 Å². The highest BCUT2D eigenvalue weighted by Crippen LogP contribution is 2.22. The van der Waals surface area contributed by atoms with E-state index in [9.17, 15) is 19.2 Å². The number of urea groups is 1. The zero-order valence-electron chi connectivity index (χ0n) is 19.4. The molecule has 0 radical (unpaired) electrons. The smallest absolute Gasteiger partial charge is 0.317 e. The van der Waals surface area contributed by atoms with Gasteiger partial charge in [-0.05, 0) is 51.6 Å². The Balaban J connectivity index is 1.44. The minimum atomic E-state index is -0.784. The molecule has 4 N–H and O–H groups in total. The van der Waals surface area contributed by atoms with E-state index in [4.69, 9.17) is 0 Å². The quantitative estimate of drug-likeness (QED) is 0.466. The lowest BCUT2D eigenvalue weighted by Crippen LogP contribution is -2.65. The minimum absolute atomic E-state index is 0.0166. The lowest BCUT2D eigenvalue weighted by molar-refractivity contribution is -0.147. The van der Waals surface area contributed by atoms with Crippen molar-refractivity contribution in [2.75, 3.05) is 39.3 Å². The van der Waals surface area contributed by atoms with Crippen LogP contribution in [0.1, 0.15) is 57.8 Å². The van der Waals surface area contributed by atoms with Gasteiger partial charge in [-0.3, -0.25) is 14.4 Å². The van der Waals surface area contributed by atoms with Crippen LogP contribution >= 0.6 is 0 Å². The summed E-state index contributed by atoms with van der Waals surface area (Å²) in [5.41, 5.74) is 0. The summed E-state index contributed by atoms with van der Waals surface area (Å²) in [6.07, 6.45) is 8.31. The molecule has 1 saturated carbocycles. The van der Waals surface area contributed by atoms with Gasteiger partial charge in [-0.15, -0.1) is 0 Å². The van der Waals surface area contributed by atoms with E-state index in [-0.39, 0.29) is 42.3 Å². The molecule has 4 aliphatic rings. The van der Waals surface area contributed by atoms with Crippen molar-refractivity contribution < 1.29 is 19.2 Å². The Morgan fingerprint density at radius 3 is 2.33 bits per heavy atom. The first-order valence-corrected chi connectivity index (χ1v) is 12.7. The normalized spacial score (nSPS) is 27.6. The first-order chi connectivity index (χ1) is 16.0. The lowest BCUT2D eigenvalue weighted by atomic mass is 9.94. The third kappa shape index (κ3) is 5.96. The Morgan fingerprint density at radius 2 is 1.61 bits per heavy atom. The van der Waals surface area contributed by atoms with Crippen molar-refractivity contribution >= 4 is 23.8 Å². The van der Waals surface area contributed by atoms with Gasteiger partial charge in [0.25, 0.3) is 0 Å². The second-order valence-corrected chi connectivity index (χ2v) is 9.80. The molecule has 5 amide bonds. The van der Waals surface area contributed by atoms with Crippen LogP contribution in [0.15, 0.2) is 0 Å². The van der Waals surface area contributed by atoms with Crippen LogP contribution in [0.3, 0.4) is 0 Å². The molecule has 3 saturated heterocycles. The maximum atomic E-state index is 13.3. The third-order valence-corrected chi connectivity index (χ3v) is 7.48. The van der Waals surface area contributed by atoms with Crippen molar-refractivity contribution in [1.29, 1.82) is 0 Å². The van der Waals surface area contributed by atoms with Crippen molar-refractivity contribution in [2.24, 2.45) is 5.92 Å². The Kier molecular flexibility index (Phi) is 8.06. The summed E-state index contributed by atoms with van der Waals surface area (Å²) in [4.78, 5) is 55.1. The molecule has 33 heavy (non-hydrogen) atoms. The molecule has 4 fully saturated rings. The fourth-order valence-electron chi connectivity index (χ4n) is 5.45. The highest BCUT2D eigenvalue weighted by atomic mass is 16.2. The molecule has 0 aromatic heterocycles. The van der Waals surface area contributed by atoms with E-state index in [2.05, 4.69) is 21.3 Å². The van der Waals surface area contributed by atoms with E-state index in [1.807, 2.05) is 0 Å². The van der Waals surface area contributed by atoms with Gasteiger partial charge in [0, 0.05) is 31.6 Å². The van der Waals surface area contributed by atoms with E-state index >= 15 is 0 Å². The Labute approximate surface area is 195 Å². The fraction of sp³-hybridized carbons (Fsp3) is 0.826. The number of hydrogen-bond acceptors (Lipinski definition) is 5. The molecule has 0 spiro atoms. The van der Waals surface area contributed by atoms with Crippen molar-refractivity contribution in [3.63, 3.8) is 0 Å². The predicted molar refractivity (Wildman–Crippen MR) is 122 cm³/mol. The van der Waals surface area contributed by atoms with Crippen LogP contribution in [-0.2, 0) is 14.4 Å². The average Bonchev–Trinajstić information content (AvgIpc) is 2.85. The number of carbonyl (C=O) groups is 4. The largest absolute Gasteiger partial charge is 0.354 e. The van der Waals surface area contributed by atoms with Gasteiger partial charge in [0.15, 0.2) is 0 Å². The summed E-state index contributed by atoms with van der Waals surface area (Å²) < 4.78 is 0. The predicted octanol–water partition coefficient (Wildman–Crippen LogP) is -0.0641. The summed E-state index contributed by atoms with van der Waals surface area (Å²) in [6, 6.07) is -1.36. The fourth-order valence-corrected chi connectivity index (χ4v) is 5.45. The third-order valence-electron chi connectivity index (χ3n) is 7.48. The van der Waals surface area contributed by atoms with Crippen LogP contribution in [0.4, 0.5) is 4.79 Å². The van der Waals surface area contributed by atoms with Gasteiger partial charge < -0.3 is 31.1 Å². The van der Waals surface area contributed by atoms with Gasteiger partial charge in [-0.2, -0.15) is 0 Å². The number of hydrogen-bond donors (Lipinski definition) is 4. The topological polar surface area (TPSA) is 123 Å². The molecule has 0 aromatic rings. The Hall–Kier alpha value is -2.36. The summed E-state index contributed by atoms with van der Waals surface area (Å²) >= 11 is 0. The second kappa shape index (κ2) is 11.2. The molecule has 0 bridgehead atoms. The molecule has 0 aromatic carbocycles. The van der Waals surface area contributed by atoms with Gasteiger partial charge in [-0.1, -0.05) is 19.3 Å².